The molecule has 0 spiro atoms. The van der Waals surface area contributed by atoms with Gasteiger partial charge < -0.3 is 9.73 Å². The maximum atomic E-state index is 5.79. The zero-order valence-electron chi connectivity index (χ0n) is 14.4. The molecule has 0 bridgehead atoms. The molecule has 126 valence electrons. The zero-order chi connectivity index (χ0) is 15.6. The van der Waals surface area contributed by atoms with E-state index in [4.69, 9.17) is 4.42 Å². The first-order valence-electron chi connectivity index (χ1n) is 9.05. The lowest BCUT2D eigenvalue weighted by molar-refractivity contribution is 0.111. The molecule has 4 heteroatoms. The minimum atomic E-state index is 0.395. The van der Waals surface area contributed by atoms with E-state index in [1.165, 1.54) is 38.8 Å². The summed E-state index contributed by atoms with van der Waals surface area (Å²) in [6.07, 6.45) is 6.85. The van der Waals surface area contributed by atoms with Crippen molar-refractivity contribution in [3.05, 3.63) is 24.2 Å². The summed E-state index contributed by atoms with van der Waals surface area (Å²) in [5, 5.41) is 3.44. The third-order valence-electron chi connectivity index (χ3n) is 4.55. The highest BCUT2D eigenvalue weighted by molar-refractivity contribution is 5.06. The maximum absolute atomic E-state index is 5.79. The van der Waals surface area contributed by atoms with Crippen LogP contribution in [0.1, 0.15) is 51.3 Å². The largest absolute Gasteiger partial charge is 0.468 e. The molecule has 1 aromatic heterocycles. The summed E-state index contributed by atoms with van der Waals surface area (Å²) in [5.74, 6) is 1.13. The molecule has 1 aliphatic rings. The summed E-state index contributed by atoms with van der Waals surface area (Å²) in [4.78, 5) is 5.22. The molecule has 1 atom stereocenters. The van der Waals surface area contributed by atoms with Gasteiger partial charge >= 0.3 is 0 Å². The number of hydrogen-bond donors (Lipinski definition) is 1. The Kier molecular flexibility index (Phi) is 7.99. The summed E-state index contributed by atoms with van der Waals surface area (Å²) < 4.78 is 5.79. The highest BCUT2D eigenvalue weighted by atomic mass is 16.3. The Balaban J connectivity index is 2.05. The summed E-state index contributed by atoms with van der Waals surface area (Å²) in [6.45, 7) is 12.5. The summed E-state index contributed by atoms with van der Waals surface area (Å²) in [5.41, 5.74) is 0. The van der Waals surface area contributed by atoms with E-state index < -0.39 is 0 Å². The second kappa shape index (κ2) is 10.0. The van der Waals surface area contributed by atoms with E-state index in [9.17, 15) is 0 Å². The molecular formula is C18H33N3O. The van der Waals surface area contributed by atoms with E-state index in [-0.39, 0.29) is 0 Å². The normalized spacial score (nSPS) is 18.0. The Morgan fingerprint density at radius 3 is 2.41 bits per heavy atom. The lowest BCUT2D eigenvalue weighted by Gasteiger charge is -2.36. The second-order valence-corrected chi connectivity index (χ2v) is 6.32. The quantitative estimate of drug-likeness (QED) is 0.720. The van der Waals surface area contributed by atoms with Crippen LogP contribution < -0.4 is 5.32 Å². The lowest BCUT2D eigenvalue weighted by Crippen LogP contribution is -2.47. The zero-order valence-corrected chi connectivity index (χ0v) is 14.4. The number of nitrogens with one attached hydrogen (secondary N) is 1. The van der Waals surface area contributed by atoms with Crippen molar-refractivity contribution in [1.29, 1.82) is 0 Å². The van der Waals surface area contributed by atoms with Gasteiger partial charge in [-0.1, -0.05) is 26.7 Å². The summed E-state index contributed by atoms with van der Waals surface area (Å²) >= 11 is 0. The average Bonchev–Trinajstić information content (AvgIpc) is 3.08. The SMILES string of the molecule is CCCCN(CCCC)C(CN1CCNCC1)c1ccco1. The van der Waals surface area contributed by atoms with Gasteiger partial charge in [-0.2, -0.15) is 0 Å². The molecule has 2 rings (SSSR count). The first kappa shape index (κ1) is 17.5. The van der Waals surface area contributed by atoms with E-state index in [1.807, 2.05) is 12.3 Å². The lowest BCUT2D eigenvalue weighted by atomic mass is 10.1. The summed E-state index contributed by atoms with van der Waals surface area (Å²) in [7, 11) is 0. The van der Waals surface area contributed by atoms with Crippen molar-refractivity contribution in [2.75, 3.05) is 45.8 Å². The van der Waals surface area contributed by atoms with Gasteiger partial charge in [-0.05, 0) is 38.1 Å². The third-order valence-corrected chi connectivity index (χ3v) is 4.55. The van der Waals surface area contributed by atoms with Crippen LogP contribution in [0.15, 0.2) is 22.8 Å². The number of furan rings is 1. The van der Waals surface area contributed by atoms with Crippen molar-refractivity contribution in [1.82, 2.24) is 15.1 Å². The molecule has 0 amide bonds. The van der Waals surface area contributed by atoms with Gasteiger partial charge in [-0.25, -0.2) is 0 Å². The van der Waals surface area contributed by atoms with Crippen LogP contribution in [0.25, 0.3) is 0 Å². The second-order valence-electron chi connectivity index (χ2n) is 6.32. The Morgan fingerprint density at radius 2 is 1.86 bits per heavy atom. The van der Waals surface area contributed by atoms with Crippen LogP contribution in [0.3, 0.4) is 0 Å². The molecule has 22 heavy (non-hydrogen) atoms. The highest BCUT2D eigenvalue weighted by Gasteiger charge is 2.25. The average molecular weight is 307 g/mol. The molecule has 1 fully saturated rings. The van der Waals surface area contributed by atoms with E-state index in [0.717, 1.165) is 38.5 Å². The van der Waals surface area contributed by atoms with Crippen LogP contribution in [0.2, 0.25) is 0 Å². The predicted octanol–water partition coefficient (Wildman–Crippen LogP) is 3.13. The smallest absolute Gasteiger partial charge is 0.122 e. The highest BCUT2D eigenvalue weighted by Crippen LogP contribution is 2.24. The van der Waals surface area contributed by atoms with Crippen molar-refractivity contribution in [3.63, 3.8) is 0 Å². The predicted molar refractivity (Wildman–Crippen MR) is 92.1 cm³/mol. The van der Waals surface area contributed by atoms with Gasteiger partial charge in [0.25, 0.3) is 0 Å². The van der Waals surface area contributed by atoms with Crippen molar-refractivity contribution in [2.45, 2.75) is 45.6 Å². The molecule has 1 unspecified atom stereocenters. The first-order valence-corrected chi connectivity index (χ1v) is 9.05. The van der Waals surface area contributed by atoms with Gasteiger partial charge in [-0.15, -0.1) is 0 Å². The Bertz CT molecular complexity index is 366. The molecule has 0 aliphatic carbocycles. The van der Waals surface area contributed by atoms with Crippen molar-refractivity contribution < 1.29 is 4.42 Å². The van der Waals surface area contributed by atoms with Crippen molar-refractivity contribution in [2.24, 2.45) is 0 Å². The fraction of sp³-hybridized carbons (Fsp3) is 0.778. The number of hydrogen-bond acceptors (Lipinski definition) is 4. The fourth-order valence-corrected chi connectivity index (χ4v) is 3.15. The third kappa shape index (κ3) is 5.41. The molecule has 1 N–H and O–H groups in total. The monoisotopic (exact) mass is 307 g/mol. The Morgan fingerprint density at radius 1 is 1.18 bits per heavy atom. The van der Waals surface area contributed by atoms with Gasteiger partial charge in [0.15, 0.2) is 0 Å². The molecule has 0 radical (unpaired) electrons. The van der Waals surface area contributed by atoms with E-state index in [2.05, 4.69) is 35.0 Å². The molecule has 1 saturated heterocycles. The first-order chi connectivity index (χ1) is 10.8. The maximum Gasteiger partial charge on any atom is 0.122 e. The standard InChI is InChI=1S/C18H33N3O/c1-3-5-11-21(12-6-4-2)17(18-8-7-15-22-18)16-20-13-9-19-10-14-20/h7-8,15,17,19H,3-6,9-14,16H2,1-2H3. The minimum Gasteiger partial charge on any atom is -0.468 e. The number of rotatable bonds is 10. The molecular weight excluding hydrogens is 274 g/mol. The molecule has 0 saturated carbocycles. The molecule has 1 aromatic rings. The van der Waals surface area contributed by atoms with Crippen LogP contribution >= 0.6 is 0 Å². The minimum absolute atomic E-state index is 0.395. The van der Waals surface area contributed by atoms with E-state index >= 15 is 0 Å². The van der Waals surface area contributed by atoms with E-state index in [0.29, 0.717) is 6.04 Å². The van der Waals surface area contributed by atoms with E-state index in [1.54, 1.807) is 0 Å². The van der Waals surface area contributed by atoms with Gasteiger partial charge in [0.05, 0.1) is 12.3 Å². The number of nitrogens with zero attached hydrogens (tertiary/aromatic N) is 2. The van der Waals surface area contributed by atoms with Gasteiger partial charge in [0.2, 0.25) is 0 Å². The topological polar surface area (TPSA) is 31.6 Å². The number of unbranched alkanes of at least 4 members (excludes halogenated alkanes) is 2. The van der Waals surface area contributed by atoms with Crippen LogP contribution in [0.4, 0.5) is 0 Å². The van der Waals surface area contributed by atoms with Crippen LogP contribution in [0, 0.1) is 0 Å². The van der Waals surface area contributed by atoms with Gasteiger partial charge in [-0.3, -0.25) is 9.80 Å². The van der Waals surface area contributed by atoms with Gasteiger partial charge in [0.1, 0.15) is 5.76 Å². The van der Waals surface area contributed by atoms with Gasteiger partial charge in [0, 0.05) is 32.7 Å². The fourth-order valence-electron chi connectivity index (χ4n) is 3.15. The van der Waals surface area contributed by atoms with Crippen LogP contribution in [-0.2, 0) is 0 Å². The van der Waals surface area contributed by atoms with Crippen molar-refractivity contribution in [3.8, 4) is 0 Å². The molecule has 2 heterocycles. The molecule has 1 aliphatic heterocycles. The molecule has 4 nitrogen and oxygen atoms in total. The molecule has 0 aromatic carbocycles. The Labute approximate surface area is 135 Å². The van der Waals surface area contributed by atoms with Crippen LogP contribution in [-0.4, -0.2) is 55.6 Å². The van der Waals surface area contributed by atoms with Crippen molar-refractivity contribution >= 4 is 0 Å². The summed E-state index contributed by atoms with van der Waals surface area (Å²) in [6, 6.07) is 4.57. The number of piperazine rings is 1. The van der Waals surface area contributed by atoms with Crippen LogP contribution in [0.5, 0.6) is 0 Å². The Hall–Kier alpha value is -0.840.